The summed E-state index contributed by atoms with van der Waals surface area (Å²) in [6.07, 6.45) is 0. The van der Waals surface area contributed by atoms with Crippen LogP contribution in [-0.4, -0.2) is 37.0 Å². The van der Waals surface area contributed by atoms with Crippen LogP contribution in [-0.2, 0) is 4.79 Å². The van der Waals surface area contributed by atoms with Crippen molar-refractivity contribution in [2.75, 3.05) is 31.1 Å². The highest BCUT2D eigenvalue weighted by atomic mass is 16.2. The average molecular weight is 264 g/mol. The van der Waals surface area contributed by atoms with Gasteiger partial charge in [-0.2, -0.15) is 0 Å². The molecule has 2 rings (SSSR count). The maximum absolute atomic E-state index is 11.7. The number of hydrogen-bond acceptors (Lipinski definition) is 2. The predicted octanol–water partition coefficient (Wildman–Crippen LogP) is 3.41. The van der Waals surface area contributed by atoms with E-state index in [1.54, 1.807) is 0 Å². The number of amides is 1. The minimum atomic E-state index is 0.229. The number of anilines is 1. The van der Waals surface area contributed by atoms with Crippen LogP contribution in [0, 0.1) is 0 Å². The van der Waals surface area contributed by atoms with Crippen molar-refractivity contribution in [3.8, 4) is 0 Å². The van der Waals surface area contributed by atoms with E-state index in [9.17, 15) is 4.79 Å². The molecule has 0 radical (unpaired) electrons. The second-order valence-corrected chi connectivity index (χ2v) is 3.73. The van der Waals surface area contributed by atoms with Gasteiger partial charge in [-0.25, -0.2) is 0 Å². The molecular weight excluding hydrogens is 236 g/mol. The van der Waals surface area contributed by atoms with Crippen molar-refractivity contribution in [3.05, 3.63) is 30.3 Å². The molecule has 19 heavy (non-hydrogen) atoms. The van der Waals surface area contributed by atoms with E-state index >= 15 is 0 Å². The Kier molecular flexibility index (Phi) is 9.59. The quantitative estimate of drug-likeness (QED) is 0.817. The highest BCUT2D eigenvalue weighted by Crippen LogP contribution is 2.15. The molecule has 0 N–H and O–H groups in total. The van der Waals surface area contributed by atoms with Crippen LogP contribution in [0.1, 0.15) is 34.6 Å². The van der Waals surface area contributed by atoms with Gasteiger partial charge >= 0.3 is 0 Å². The number of carbonyl (C=O) groups is 1. The lowest BCUT2D eigenvalue weighted by atomic mass is 10.2. The van der Waals surface area contributed by atoms with Gasteiger partial charge in [0, 0.05) is 25.3 Å². The summed E-state index contributed by atoms with van der Waals surface area (Å²) in [5, 5.41) is 0. The van der Waals surface area contributed by atoms with E-state index < -0.39 is 0 Å². The zero-order valence-corrected chi connectivity index (χ0v) is 13.0. The molecule has 0 spiro atoms. The third-order valence-electron chi connectivity index (χ3n) is 2.82. The standard InChI is InChI=1S/C12H16N2O.2C2H6/c1-2-13-8-9-14(10-12(13)15)11-6-4-3-5-7-11;2*1-2/h3-7H,2,8-10H2,1H3;2*1-2H3. The van der Waals surface area contributed by atoms with Gasteiger partial charge in [-0.3, -0.25) is 4.79 Å². The largest absolute Gasteiger partial charge is 0.360 e. The first-order valence-corrected chi connectivity index (χ1v) is 7.39. The Bertz CT molecular complexity index is 338. The van der Waals surface area contributed by atoms with Crippen molar-refractivity contribution >= 4 is 11.6 Å². The number of piperazine rings is 1. The molecule has 1 amide bonds. The summed E-state index contributed by atoms with van der Waals surface area (Å²) in [5.74, 6) is 0.229. The van der Waals surface area contributed by atoms with Gasteiger partial charge in [0.15, 0.2) is 0 Å². The molecule has 1 aliphatic heterocycles. The van der Waals surface area contributed by atoms with Crippen molar-refractivity contribution in [3.63, 3.8) is 0 Å². The maximum Gasteiger partial charge on any atom is 0.242 e. The molecule has 1 saturated heterocycles. The molecule has 1 aromatic carbocycles. The molecule has 0 aliphatic carbocycles. The fourth-order valence-electron chi connectivity index (χ4n) is 1.90. The third kappa shape index (κ3) is 5.33. The molecule has 1 aromatic rings. The molecular formula is C16H28N2O. The fraction of sp³-hybridized carbons (Fsp3) is 0.562. The first-order chi connectivity index (χ1) is 9.31. The summed E-state index contributed by atoms with van der Waals surface area (Å²) in [6.45, 7) is 13.1. The number of para-hydroxylation sites is 1. The number of likely N-dealkylation sites (N-methyl/N-ethyl adjacent to an activating group) is 1. The van der Waals surface area contributed by atoms with Crippen molar-refractivity contribution in [2.24, 2.45) is 0 Å². The van der Waals surface area contributed by atoms with Crippen LogP contribution in [0.25, 0.3) is 0 Å². The van der Waals surface area contributed by atoms with Gasteiger partial charge in [-0.15, -0.1) is 0 Å². The maximum atomic E-state index is 11.7. The summed E-state index contributed by atoms with van der Waals surface area (Å²) in [5.41, 5.74) is 1.14. The van der Waals surface area contributed by atoms with Crippen LogP contribution in [0.4, 0.5) is 5.69 Å². The Morgan fingerprint density at radius 3 is 2.05 bits per heavy atom. The monoisotopic (exact) mass is 264 g/mol. The lowest BCUT2D eigenvalue weighted by molar-refractivity contribution is -0.130. The number of rotatable bonds is 2. The van der Waals surface area contributed by atoms with Crippen LogP contribution in [0.5, 0.6) is 0 Å². The zero-order chi connectivity index (χ0) is 14.7. The second kappa shape index (κ2) is 10.4. The van der Waals surface area contributed by atoms with Gasteiger partial charge < -0.3 is 9.80 Å². The van der Waals surface area contributed by atoms with Gasteiger partial charge in [0.25, 0.3) is 0 Å². The van der Waals surface area contributed by atoms with E-state index in [0.717, 1.165) is 25.3 Å². The van der Waals surface area contributed by atoms with Gasteiger partial charge in [-0.05, 0) is 19.1 Å². The molecule has 0 aromatic heterocycles. The first kappa shape index (κ1) is 17.5. The van der Waals surface area contributed by atoms with Crippen LogP contribution >= 0.6 is 0 Å². The summed E-state index contributed by atoms with van der Waals surface area (Å²) in [6, 6.07) is 10.1. The number of benzene rings is 1. The topological polar surface area (TPSA) is 23.6 Å². The van der Waals surface area contributed by atoms with E-state index in [0.29, 0.717) is 6.54 Å². The molecule has 0 atom stereocenters. The first-order valence-electron chi connectivity index (χ1n) is 7.39. The number of nitrogens with zero attached hydrogens (tertiary/aromatic N) is 2. The third-order valence-corrected chi connectivity index (χ3v) is 2.82. The van der Waals surface area contributed by atoms with E-state index in [-0.39, 0.29) is 5.91 Å². The summed E-state index contributed by atoms with van der Waals surface area (Å²) in [7, 11) is 0. The molecule has 0 bridgehead atoms. The minimum Gasteiger partial charge on any atom is -0.360 e. The summed E-state index contributed by atoms with van der Waals surface area (Å²) in [4.78, 5) is 15.7. The van der Waals surface area contributed by atoms with E-state index in [1.165, 1.54) is 0 Å². The molecule has 1 aliphatic rings. The molecule has 3 nitrogen and oxygen atoms in total. The van der Waals surface area contributed by atoms with Gasteiger partial charge in [0.2, 0.25) is 5.91 Å². The fourth-order valence-corrected chi connectivity index (χ4v) is 1.90. The molecule has 0 saturated carbocycles. The average Bonchev–Trinajstić information content (AvgIpc) is 2.52. The number of carbonyl (C=O) groups excluding carboxylic acids is 1. The summed E-state index contributed by atoms with van der Waals surface area (Å²) < 4.78 is 0. The summed E-state index contributed by atoms with van der Waals surface area (Å²) >= 11 is 0. The van der Waals surface area contributed by atoms with E-state index in [4.69, 9.17) is 0 Å². The van der Waals surface area contributed by atoms with Gasteiger partial charge in [0.05, 0.1) is 6.54 Å². The lowest BCUT2D eigenvalue weighted by Crippen LogP contribution is -2.50. The van der Waals surface area contributed by atoms with Crippen LogP contribution in [0.15, 0.2) is 30.3 Å². The highest BCUT2D eigenvalue weighted by Gasteiger charge is 2.22. The van der Waals surface area contributed by atoms with Gasteiger partial charge in [-0.1, -0.05) is 45.9 Å². The Morgan fingerprint density at radius 2 is 1.58 bits per heavy atom. The Labute approximate surface area is 118 Å². The SMILES string of the molecule is CC.CC.CCN1CCN(c2ccccc2)CC1=O. The molecule has 1 heterocycles. The van der Waals surface area contributed by atoms with Crippen LogP contribution < -0.4 is 4.90 Å². The Balaban J connectivity index is 0.000000741. The van der Waals surface area contributed by atoms with Gasteiger partial charge in [0.1, 0.15) is 0 Å². The molecule has 3 heteroatoms. The second-order valence-electron chi connectivity index (χ2n) is 3.73. The Morgan fingerprint density at radius 1 is 1.00 bits per heavy atom. The normalized spacial score (nSPS) is 14.1. The highest BCUT2D eigenvalue weighted by molar-refractivity contribution is 5.82. The van der Waals surface area contributed by atoms with Crippen LogP contribution in [0.2, 0.25) is 0 Å². The predicted molar refractivity (Wildman–Crippen MR) is 83.6 cm³/mol. The Hall–Kier alpha value is -1.51. The van der Waals surface area contributed by atoms with Crippen LogP contribution in [0.3, 0.4) is 0 Å². The van der Waals surface area contributed by atoms with Crippen molar-refractivity contribution in [1.82, 2.24) is 4.90 Å². The van der Waals surface area contributed by atoms with E-state index in [2.05, 4.69) is 17.0 Å². The number of hydrogen-bond donors (Lipinski definition) is 0. The minimum absolute atomic E-state index is 0.229. The van der Waals surface area contributed by atoms with Crippen molar-refractivity contribution < 1.29 is 4.79 Å². The smallest absolute Gasteiger partial charge is 0.242 e. The molecule has 0 unspecified atom stereocenters. The zero-order valence-electron chi connectivity index (χ0n) is 13.0. The van der Waals surface area contributed by atoms with Crippen molar-refractivity contribution in [2.45, 2.75) is 34.6 Å². The van der Waals surface area contributed by atoms with Crippen molar-refractivity contribution in [1.29, 1.82) is 0 Å². The lowest BCUT2D eigenvalue weighted by Gasteiger charge is -2.35. The molecule has 1 fully saturated rings. The van der Waals surface area contributed by atoms with E-state index in [1.807, 2.05) is 57.7 Å². The molecule has 108 valence electrons.